The number of hydrogen-bond acceptors (Lipinski definition) is 9. The smallest absolute Gasteiger partial charge is 0.264 e. The number of nitrogens with one attached hydrogen (secondary N) is 2. The lowest BCUT2D eigenvalue weighted by Gasteiger charge is -2.19. The molecule has 0 spiro atoms. The van der Waals surface area contributed by atoms with E-state index in [2.05, 4.69) is 24.5 Å². The predicted octanol–water partition coefficient (Wildman–Crippen LogP) is 1.55. The van der Waals surface area contributed by atoms with Crippen LogP contribution < -0.4 is 10.6 Å². The summed E-state index contributed by atoms with van der Waals surface area (Å²) in [6.45, 7) is 16.1. The van der Waals surface area contributed by atoms with Crippen LogP contribution in [0, 0.1) is 34.5 Å². The van der Waals surface area contributed by atoms with E-state index in [-0.39, 0.29) is 34.6 Å². The lowest BCUT2D eigenvalue weighted by molar-refractivity contribution is -0.127. The topological polar surface area (TPSA) is 148 Å². The Kier molecular flexibility index (Phi) is 19.7. The molecule has 1 saturated heterocycles. The van der Waals surface area contributed by atoms with Crippen molar-refractivity contribution in [1.82, 2.24) is 15.5 Å². The molecular formula is C30H52N4O8. The van der Waals surface area contributed by atoms with Crippen LogP contribution >= 0.6 is 0 Å². The molecule has 0 unspecified atom stereocenters. The summed E-state index contributed by atoms with van der Waals surface area (Å²) in [6, 6.07) is 2.04. The van der Waals surface area contributed by atoms with E-state index in [1.807, 2.05) is 26.8 Å². The highest BCUT2D eigenvalue weighted by atomic mass is 16.6. The average Bonchev–Trinajstić information content (AvgIpc) is 3.35. The van der Waals surface area contributed by atoms with Gasteiger partial charge in [0.05, 0.1) is 72.0 Å². The molecule has 2 N–H and O–H groups in total. The predicted molar refractivity (Wildman–Crippen MR) is 157 cm³/mol. The van der Waals surface area contributed by atoms with Crippen LogP contribution in [0.3, 0.4) is 0 Å². The van der Waals surface area contributed by atoms with Gasteiger partial charge < -0.3 is 39.2 Å². The normalized spacial score (nSPS) is 17.4. The molecule has 1 aliphatic heterocycles. The Balaban J connectivity index is 2.18. The van der Waals surface area contributed by atoms with Gasteiger partial charge in [-0.15, -0.1) is 0 Å². The Morgan fingerprint density at radius 1 is 0.881 bits per heavy atom. The number of hydrogen-bond donors (Lipinski definition) is 2. The van der Waals surface area contributed by atoms with Crippen LogP contribution in [0.25, 0.3) is 0 Å². The second-order valence-electron chi connectivity index (χ2n) is 11.7. The molecule has 240 valence electrons. The van der Waals surface area contributed by atoms with E-state index in [1.54, 1.807) is 11.0 Å². The summed E-state index contributed by atoms with van der Waals surface area (Å²) in [5.74, 6) is -0.276. The van der Waals surface area contributed by atoms with E-state index in [0.29, 0.717) is 105 Å². The first-order valence-electron chi connectivity index (χ1n) is 14.8. The van der Waals surface area contributed by atoms with Gasteiger partial charge in [-0.2, -0.15) is 5.26 Å². The second-order valence-corrected chi connectivity index (χ2v) is 11.7. The molecule has 0 aromatic carbocycles. The molecule has 0 saturated carbocycles. The number of carbonyl (C=O) groups is 3. The number of nitriles is 1. The molecule has 0 bridgehead atoms. The molecule has 2 atom stereocenters. The molecule has 3 amide bonds. The van der Waals surface area contributed by atoms with Gasteiger partial charge in [-0.3, -0.25) is 14.4 Å². The van der Waals surface area contributed by atoms with Crippen molar-refractivity contribution in [3.05, 3.63) is 11.6 Å². The molecule has 0 aliphatic carbocycles. The van der Waals surface area contributed by atoms with E-state index in [9.17, 15) is 19.6 Å². The summed E-state index contributed by atoms with van der Waals surface area (Å²) in [5, 5.41) is 15.0. The number of rotatable bonds is 23. The minimum absolute atomic E-state index is 0.0448. The van der Waals surface area contributed by atoms with Gasteiger partial charge in [-0.25, -0.2) is 0 Å². The van der Waals surface area contributed by atoms with Crippen LogP contribution in [0.1, 0.15) is 41.0 Å². The fourth-order valence-electron chi connectivity index (χ4n) is 4.47. The molecule has 1 fully saturated rings. The molecule has 1 heterocycles. The zero-order valence-corrected chi connectivity index (χ0v) is 26.2. The molecular weight excluding hydrogens is 544 g/mol. The van der Waals surface area contributed by atoms with Gasteiger partial charge in [0.2, 0.25) is 12.3 Å². The highest BCUT2D eigenvalue weighted by Crippen LogP contribution is 2.31. The molecule has 12 heteroatoms. The molecule has 42 heavy (non-hydrogen) atoms. The van der Waals surface area contributed by atoms with E-state index >= 15 is 0 Å². The van der Waals surface area contributed by atoms with Crippen LogP contribution in [0.4, 0.5) is 0 Å². The van der Waals surface area contributed by atoms with Crippen molar-refractivity contribution in [2.75, 3.05) is 92.2 Å². The van der Waals surface area contributed by atoms with Crippen molar-refractivity contribution < 1.29 is 38.1 Å². The molecule has 0 aromatic heterocycles. The number of ether oxygens (including phenoxy) is 5. The SMILES string of the molecule is CC(C)C[C@@H]1CN(C(=O)/C(C#N)=C/C(C)(C)C)C[C@H]1C(=O)NCCOCCOCCOCCOCCOCCNC=O. The van der Waals surface area contributed by atoms with Crippen LogP contribution in [0.15, 0.2) is 11.6 Å². The lowest BCUT2D eigenvalue weighted by atomic mass is 9.87. The van der Waals surface area contributed by atoms with Gasteiger partial charge in [0.15, 0.2) is 0 Å². The van der Waals surface area contributed by atoms with Gasteiger partial charge >= 0.3 is 0 Å². The van der Waals surface area contributed by atoms with Crippen molar-refractivity contribution in [2.45, 2.75) is 41.0 Å². The van der Waals surface area contributed by atoms with E-state index < -0.39 is 0 Å². The number of carbonyl (C=O) groups excluding carboxylic acids is 3. The third-order valence-electron chi connectivity index (χ3n) is 6.28. The first-order valence-corrected chi connectivity index (χ1v) is 14.8. The molecule has 1 rings (SSSR count). The summed E-state index contributed by atoms with van der Waals surface area (Å²) in [7, 11) is 0. The van der Waals surface area contributed by atoms with E-state index in [0.717, 1.165) is 6.42 Å². The fraction of sp³-hybridized carbons (Fsp3) is 0.800. The third kappa shape index (κ3) is 17.4. The summed E-state index contributed by atoms with van der Waals surface area (Å²) in [6.07, 6.45) is 3.16. The Bertz CT molecular complexity index is 853. The Labute approximate surface area is 251 Å². The first kappa shape index (κ1) is 37.5. The number of amides is 3. The fourth-order valence-corrected chi connectivity index (χ4v) is 4.47. The quantitative estimate of drug-likeness (QED) is 0.0776. The van der Waals surface area contributed by atoms with Gasteiger partial charge in [0.1, 0.15) is 11.6 Å². The van der Waals surface area contributed by atoms with Crippen molar-refractivity contribution in [2.24, 2.45) is 23.2 Å². The van der Waals surface area contributed by atoms with Gasteiger partial charge in [0, 0.05) is 26.2 Å². The number of allylic oxidation sites excluding steroid dienone is 1. The van der Waals surface area contributed by atoms with E-state index in [4.69, 9.17) is 23.7 Å². The lowest BCUT2D eigenvalue weighted by Crippen LogP contribution is -2.38. The zero-order chi connectivity index (χ0) is 31.2. The highest BCUT2D eigenvalue weighted by molar-refractivity contribution is 5.98. The standard InChI is InChI=1S/C30H52N4O8/c1-24(2)18-25-21-34(29(37)26(20-31)19-30(3,4)5)22-27(25)28(36)33-7-9-39-11-13-41-15-17-42-16-14-40-12-10-38-8-6-32-23-35/h19,23-25,27H,6-18,21-22H2,1-5H3,(H,32,35)(H,33,36)/b26-19+/t25-,27-/m1/s1. The summed E-state index contributed by atoms with van der Waals surface area (Å²) in [4.78, 5) is 37.8. The summed E-state index contributed by atoms with van der Waals surface area (Å²) in [5.41, 5.74) is -0.167. The van der Waals surface area contributed by atoms with E-state index in [1.165, 1.54) is 0 Å². The van der Waals surface area contributed by atoms with Crippen LogP contribution in [-0.4, -0.2) is 115 Å². The molecule has 0 radical (unpaired) electrons. The van der Waals surface area contributed by atoms with Crippen LogP contribution in [-0.2, 0) is 38.1 Å². The zero-order valence-electron chi connectivity index (χ0n) is 26.2. The molecule has 0 aromatic rings. The second kappa shape index (κ2) is 22.0. The Morgan fingerprint density at radius 2 is 1.38 bits per heavy atom. The van der Waals surface area contributed by atoms with Crippen molar-refractivity contribution in [1.29, 1.82) is 5.26 Å². The number of nitrogens with zero attached hydrogens (tertiary/aromatic N) is 2. The highest BCUT2D eigenvalue weighted by Gasteiger charge is 2.40. The van der Waals surface area contributed by atoms with Gasteiger partial charge in [-0.05, 0) is 23.7 Å². The Morgan fingerprint density at radius 3 is 1.83 bits per heavy atom. The summed E-state index contributed by atoms with van der Waals surface area (Å²) < 4.78 is 27.1. The monoisotopic (exact) mass is 596 g/mol. The maximum absolute atomic E-state index is 13.0. The largest absolute Gasteiger partial charge is 0.377 e. The van der Waals surface area contributed by atoms with Crippen LogP contribution in [0.5, 0.6) is 0 Å². The average molecular weight is 597 g/mol. The minimum atomic E-state index is -0.315. The molecule has 12 nitrogen and oxygen atoms in total. The van der Waals surface area contributed by atoms with Crippen molar-refractivity contribution in [3.63, 3.8) is 0 Å². The van der Waals surface area contributed by atoms with Crippen molar-refractivity contribution >= 4 is 18.2 Å². The maximum Gasteiger partial charge on any atom is 0.264 e. The minimum Gasteiger partial charge on any atom is -0.377 e. The van der Waals surface area contributed by atoms with Gasteiger partial charge in [0.25, 0.3) is 5.91 Å². The maximum atomic E-state index is 13.0. The molecule has 1 aliphatic rings. The summed E-state index contributed by atoms with van der Waals surface area (Å²) >= 11 is 0. The van der Waals surface area contributed by atoms with Gasteiger partial charge in [-0.1, -0.05) is 40.7 Å². The van der Waals surface area contributed by atoms with Crippen molar-refractivity contribution in [3.8, 4) is 6.07 Å². The first-order chi connectivity index (χ1) is 20.1. The number of likely N-dealkylation sites (tertiary alicyclic amines) is 1. The Hall–Kier alpha value is -2.56. The van der Waals surface area contributed by atoms with Crippen LogP contribution in [0.2, 0.25) is 0 Å². The third-order valence-corrected chi connectivity index (χ3v) is 6.28.